The molecule has 0 spiro atoms. The number of alkyl carbamates (subject to hydrolysis) is 1. The number of amides is 4. The Morgan fingerprint density at radius 1 is 0.534 bits per heavy atom. The molecule has 36 heteroatoms. The summed E-state index contributed by atoms with van der Waals surface area (Å²) in [6.45, 7) is 10.4. The lowest BCUT2D eigenvalue weighted by atomic mass is 9.93. The largest absolute Gasteiger partial charge is 0.490 e. The summed E-state index contributed by atoms with van der Waals surface area (Å²) in [7, 11) is 0. The summed E-state index contributed by atoms with van der Waals surface area (Å²) in [6, 6.07) is 18.0. The number of aryl methyl sites for hydroxylation is 5. The Morgan fingerprint density at radius 3 is 1.34 bits per heavy atom. The van der Waals surface area contributed by atoms with Crippen LogP contribution in [0.3, 0.4) is 0 Å². The number of primary amides is 3. The van der Waals surface area contributed by atoms with Crippen molar-refractivity contribution in [1.29, 1.82) is 0 Å². The summed E-state index contributed by atoms with van der Waals surface area (Å²) < 4.78 is 111. The number of aromatic nitrogens is 12. The van der Waals surface area contributed by atoms with Gasteiger partial charge in [-0.25, -0.2) is 57.5 Å². The molecule has 0 saturated heterocycles. The minimum absolute atomic E-state index is 0.287. The van der Waals surface area contributed by atoms with E-state index >= 15 is 0 Å². The second kappa shape index (κ2) is 34.7. The zero-order valence-corrected chi connectivity index (χ0v) is 55.7. The van der Waals surface area contributed by atoms with Gasteiger partial charge in [0.1, 0.15) is 45.8 Å². The molecule has 27 nitrogen and oxygen atoms in total. The minimum Gasteiger partial charge on any atom is -0.475 e. The maximum absolute atomic E-state index is 13.2. The van der Waals surface area contributed by atoms with Crippen LogP contribution in [0, 0.1) is 17.5 Å². The topological polar surface area (TPSA) is 436 Å². The molecule has 0 radical (unpaired) electrons. The van der Waals surface area contributed by atoms with Crippen molar-refractivity contribution in [3.63, 3.8) is 0 Å². The number of carbonyl (C=O) groups excluding carboxylic acids is 4. The van der Waals surface area contributed by atoms with Crippen LogP contribution in [0.5, 0.6) is 0 Å². The Hall–Kier alpha value is -11.6. The van der Waals surface area contributed by atoms with Crippen LogP contribution in [0.25, 0.3) is 68.3 Å². The number of fused-ring (bicyclic) bond motifs is 9. The van der Waals surface area contributed by atoms with Crippen molar-refractivity contribution in [3.8, 4) is 68.3 Å². The van der Waals surface area contributed by atoms with Crippen LogP contribution in [-0.2, 0) is 65.9 Å². The fraction of sp³-hybridized carbons (Fsp3) is 0.328. The van der Waals surface area contributed by atoms with E-state index < -0.39 is 47.6 Å². The molecule has 3 aromatic carbocycles. The number of rotatable bonds is 15. The third-order valence-corrected chi connectivity index (χ3v) is 15.0. The second-order valence-corrected chi connectivity index (χ2v) is 23.7. The molecule has 9 aromatic rings. The number of alkyl halides is 6. The lowest BCUT2D eigenvalue weighted by molar-refractivity contribution is -0.193. The van der Waals surface area contributed by atoms with Gasteiger partial charge in [0, 0.05) is 71.6 Å². The maximum Gasteiger partial charge on any atom is 0.490 e. The third-order valence-electron chi connectivity index (χ3n) is 15.0. The van der Waals surface area contributed by atoms with Gasteiger partial charge in [0.25, 0.3) is 17.7 Å². The van der Waals surface area contributed by atoms with E-state index in [-0.39, 0.29) is 29.2 Å². The lowest BCUT2D eigenvalue weighted by Gasteiger charge is -2.19. The quantitative estimate of drug-likeness (QED) is 0.0342. The molecule has 6 heterocycles. The van der Waals surface area contributed by atoms with E-state index in [1.165, 1.54) is 36.4 Å². The first-order valence-corrected chi connectivity index (χ1v) is 31.6. The zero-order chi connectivity index (χ0) is 75.7. The van der Waals surface area contributed by atoms with Crippen molar-refractivity contribution >= 4 is 35.8 Å². The molecule has 103 heavy (non-hydrogen) atoms. The van der Waals surface area contributed by atoms with Crippen LogP contribution in [-0.4, -0.2) is 143 Å². The summed E-state index contributed by atoms with van der Waals surface area (Å²) in [5.74, 6) is -6.57. The summed E-state index contributed by atoms with van der Waals surface area (Å²) in [5, 5.41) is 32.8. The highest BCUT2D eigenvalue weighted by atomic mass is 19.4. The molecule has 0 aliphatic heterocycles. The van der Waals surface area contributed by atoms with Crippen LogP contribution in [0.1, 0.15) is 118 Å². The van der Waals surface area contributed by atoms with E-state index in [2.05, 4.69) is 57.6 Å². The van der Waals surface area contributed by atoms with Crippen LogP contribution < -0.4 is 34.0 Å². The second-order valence-electron chi connectivity index (χ2n) is 23.7. The molecular formula is C67H71F9N18O9. The predicted octanol–water partition coefficient (Wildman–Crippen LogP) is 8.83. The van der Waals surface area contributed by atoms with E-state index in [0.29, 0.717) is 140 Å². The normalized spacial score (nSPS) is 12.2. The molecule has 3 aliphatic carbocycles. The van der Waals surface area contributed by atoms with Crippen LogP contribution in [0.15, 0.2) is 91.4 Å². The molecule has 0 bridgehead atoms. The Morgan fingerprint density at radius 2 is 0.942 bits per heavy atom. The summed E-state index contributed by atoms with van der Waals surface area (Å²) in [4.78, 5) is 91.2. The number of nitrogens with two attached hydrogens (primary N) is 5. The van der Waals surface area contributed by atoms with Crippen LogP contribution in [0.4, 0.5) is 44.3 Å². The zero-order valence-electron chi connectivity index (χ0n) is 55.7. The Balaban J connectivity index is 0.000000185. The lowest BCUT2D eigenvalue weighted by Crippen LogP contribution is -2.32. The number of unbranched alkanes of at least 4 members (excludes halogenated alkanes) is 1. The Kier molecular flexibility index (Phi) is 26.5. The summed E-state index contributed by atoms with van der Waals surface area (Å²) in [5.41, 5.74) is 40.0. The van der Waals surface area contributed by atoms with Gasteiger partial charge in [0.2, 0.25) is 0 Å². The minimum atomic E-state index is -5.08. The van der Waals surface area contributed by atoms with Gasteiger partial charge in [-0.05, 0) is 181 Å². The number of ether oxygens (including phenoxy) is 1. The van der Waals surface area contributed by atoms with E-state index in [9.17, 15) is 58.7 Å². The molecule has 4 amide bonds. The van der Waals surface area contributed by atoms with E-state index in [1.807, 2.05) is 20.8 Å². The first-order chi connectivity index (χ1) is 48.6. The molecule has 0 saturated carbocycles. The standard InChI is InChI=1S/2C19H19FN6O.C16H12FN5O.C9H19NO2.2C2HF3O2/c20-13-5-2-11(3-6-13)19-23-10-12-4-7-14-16(18(22)27)25-26(9-1-8-21)17(14)15(12)24-19;20-13-5-2-11(3-6-13)19-23-10-12-4-7-14-16(15(12)24-19)25-26(9-1-8-21)17(14)18(22)27;17-10-4-1-8(2-5-10)16-19-7-9-3-6-11-13(12(9)20-16)21-22-14(11)15(18)23;1-5-6-7-10-8(11)12-9(2,3)4;2*3-2(4,5)1(6)7/h2*2-3,5-6,10H,1,4,7-9,21H2,(H2,22,27);1-2,4-5,7H,3,6H2,(H2,18,23)(H,21,22);5-7H2,1-4H3,(H,10,11);2*(H,6,7). The molecule has 3 aliphatic rings. The van der Waals surface area contributed by atoms with E-state index in [4.69, 9.17) is 58.2 Å². The third kappa shape index (κ3) is 21.0. The number of benzene rings is 3. The first kappa shape index (κ1) is 78.8. The number of hydrogen-bond donors (Lipinski definition) is 9. The number of aromatic amines is 1. The fourth-order valence-corrected chi connectivity index (χ4v) is 10.3. The molecule has 0 fully saturated rings. The predicted molar refractivity (Wildman–Crippen MR) is 354 cm³/mol. The van der Waals surface area contributed by atoms with Crippen molar-refractivity contribution in [2.45, 2.75) is 123 Å². The highest BCUT2D eigenvalue weighted by Crippen LogP contribution is 2.38. The average Bonchev–Trinajstić information content (AvgIpc) is 1.65. The highest BCUT2D eigenvalue weighted by Gasteiger charge is 2.39. The summed E-state index contributed by atoms with van der Waals surface area (Å²) >= 11 is 0. The smallest absolute Gasteiger partial charge is 0.475 e. The van der Waals surface area contributed by atoms with Crippen molar-refractivity contribution in [2.24, 2.45) is 28.7 Å². The Bertz CT molecular complexity index is 4470. The van der Waals surface area contributed by atoms with Gasteiger partial charge in [0.15, 0.2) is 23.2 Å². The summed E-state index contributed by atoms with van der Waals surface area (Å²) in [6.07, 6.45) is 2.40. The van der Waals surface area contributed by atoms with Crippen molar-refractivity contribution < 1.29 is 83.2 Å². The number of halogens is 9. The van der Waals surface area contributed by atoms with Gasteiger partial charge < -0.3 is 48.9 Å². The van der Waals surface area contributed by atoms with Gasteiger partial charge in [-0.15, -0.1) is 0 Å². The number of aliphatic carboxylic acids is 2. The monoisotopic (exact) mass is 1440 g/mol. The number of carboxylic acids is 2. The number of nitrogens with one attached hydrogen (secondary N) is 2. The molecule has 546 valence electrons. The molecule has 12 rings (SSSR count). The Labute approximate surface area is 580 Å². The van der Waals surface area contributed by atoms with Crippen molar-refractivity contribution in [2.75, 3.05) is 19.6 Å². The highest BCUT2D eigenvalue weighted by molar-refractivity contribution is 5.96. The number of hydrogen-bond acceptors (Lipinski definition) is 18. The molecule has 0 atom stereocenters. The molecule has 0 unspecified atom stereocenters. The molecular weight excluding hydrogens is 1370 g/mol. The van der Waals surface area contributed by atoms with Crippen molar-refractivity contribution in [3.05, 3.63) is 159 Å². The fourth-order valence-electron chi connectivity index (χ4n) is 10.3. The molecule has 6 aromatic heterocycles. The number of nitrogens with zero attached hydrogens (tertiary/aromatic N) is 11. The number of carboxylic acid groups (broad SMARTS) is 2. The maximum atomic E-state index is 13.2. The van der Waals surface area contributed by atoms with Gasteiger partial charge in [-0.1, -0.05) is 13.3 Å². The van der Waals surface area contributed by atoms with Crippen LogP contribution in [0.2, 0.25) is 0 Å². The number of carbonyl (C=O) groups is 6. The van der Waals surface area contributed by atoms with Crippen molar-refractivity contribution in [1.82, 2.24) is 65.0 Å². The molecule has 14 N–H and O–H groups in total. The van der Waals surface area contributed by atoms with Gasteiger partial charge >= 0.3 is 30.4 Å². The van der Waals surface area contributed by atoms with E-state index in [1.54, 1.807) is 64.4 Å². The van der Waals surface area contributed by atoms with E-state index in [0.717, 1.165) is 69.6 Å². The van der Waals surface area contributed by atoms with Gasteiger partial charge in [0.05, 0.1) is 22.8 Å². The van der Waals surface area contributed by atoms with Crippen LogP contribution >= 0.6 is 0 Å². The van der Waals surface area contributed by atoms with Gasteiger partial charge in [-0.2, -0.15) is 41.6 Å². The van der Waals surface area contributed by atoms with Gasteiger partial charge in [-0.3, -0.25) is 28.8 Å². The average molecular weight is 1440 g/mol. The SMILES string of the molecule is CCCCNC(=O)OC(C)(C)C.NC(=O)c1[nH]nc2c1CCc1cnc(-c3ccc(F)cc3)nc1-2.NCCCn1nc(C(N)=O)c2c1-c1nc(-c3ccc(F)cc3)ncc1CC2.NCCCn1nc2c(c1C(N)=O)CCc1cnc(-c3ccc(F)cc3)nc1-2.O=C(O)C(F)(F)F.O=C(O)C(F)(F)F. The first-order valence-electron chi connectivity index (χ1n) is 31.6. The number of H-pyrrole nitrogens is 1.